The number of aryl methyl sites for hydroxylation is 1. The maximum Gasteiger partial charge on any atom is 0.325 e. The Morgan fingerprint density at radius 2 is 1.88 bits per heavy atom. The Hall–Kier alpha value is -3.02. The Labute approximate surface area is 201 Å². The number of carbonyl (C=O) groups excluding carboxylic acids is 2. The molecule has 2 aromatic carbocycles. The highest BCUT2D eigenvalue weighted by Crippen LogP contribution is 2.28. The van der Waals surface area contributed by atoms with Crippen molar-refractivity contribution in [3.8, 4) is 5.75 Å². The van der Waals surface area contributed by atoms with E-state index in [-0.39, 0.29) is 18.0 Å². The normalized spacial score (nSPS) is 17.3. The van der Waals surface area contributed by atoms with Crippen LogP contribution in [0.1, 0.15) is 18.4 Å². The molecule has 4 rings (SSSR count). The lowest BCUT2D eigenvalue weighted by Gasteiger charge is -2.21. The minimum atomic E-state index is -3.89. The second kappa shape index (κ2) is 9.69. The van der Waals surface area contributed by atoms with Gasteiger partial charge in [-0.1, -0.05) is 17.4 Å². The zero-order chi connectivity index (χ0) is 24.5. The smallest absolute Gasteiger partial charge is 0.325 e. The van der Waals surface area contributed by atoms with Gasteiger partial charge in [0.15, 0.2) is 4.80 Å². The lowest BCUT2D eigenvalue weighted by atomic mass is 10.2. The van der Waals surface area contributed by atoms with Gasteiger partial charge in [-0.25, -0.2) is 8.42 Å². The van der Waals surface area contributed by atoms with Gasteiger partial charge in [-0.15, -0.1) is 0 Å². The number of hydrogen-bond donors (Lipinski definition) is 0. The third-order valence-corrected chi connectivity index (χ3v) is 8.68. The Bertz CT molecular complexity index is 1410. The molecule has 2 heterocycles. The molecule has 1 atom stereocenters. The molecule has 1 fully saturated rings. The maximum absolute atomic E-state index is 13.3. The first-order valence-electron chi connectivity index (χ1n) is 10.7. The molecule has 1 aliphatic heterocycles. The molecule has 0 radical (unpaired) electrons. The van der Waals surface area contributed by atoms with Crippen LogP contribution in [0.3, 0.4) is 0 Å². The summed E-state index contributed by atoms with van der Waals surface area (Å²) < 4.78 is 40.1. The van der Waals surface area contributed by atoms with Gasteiger partial charge in [-0.2, -0.15) is 9.30 Å². The second-order valence-corrected chi connectivity index (χ2v) is 10.8. The third kappa shape index (κ3) is 4.63. The van der Waals surface area contributed by atoms with Crippen LogP contribution in [0.15, 0.2) is 52.4 Å². The van der Waals surface area contributed by atoms with Crippen molar-refractivity contribution < 1.29 is 27.5 Å². The Morgan fingerprint density at radius 3 is 2.56 bits per heavy atom. The molecular weight excluding hydrogens is 478 g/mol. The SMILES string of the molecule is COC(=O)Cn1c(=NC(=O)C2CCCN2S(=O)(=O)c2ccc(OC)cc2)sc2cc(C)ccc21. The van der Waals surface area contributed by atoms with E-state index in [9.17, 15) is 18.0 Å². The summed E-state index contributed by atoms with van der Waals surface area (Å²) in [4.78, 5) is 29.9. The van der Waals surface area contributed by atoms with Gasteiger partial charge in [0.1, 0.15) is 18.3 Å². The Kier molecular flexibility index (Phi) is 6.87. The van der Waals surface area contributed by atoms with E-state index in [0.717, 1.165) is 15.8 Å². The first-order chi connectivity index (χ1) is 16.2. The predicted octanol–water partition coefficient (Wildman–Crippen LogP) is 2.47. The average Bonchev–Trinajstić information content (AvgIpc) is 3.45. The summed E-state index contributed by atoms with van der Waals surface area (Å²) in [5.74, 6) is -0.492. The fourth-order valence-electron chi connectivity index (χ4n) is 3.94. The number of esters is 1. The summed E-state index contributed by atoms with van der Waals surface area (Å²) >= 11 is 1.27. The molecule has 9 nitrogen and oxygen atoms in total. The molecule has 1 amide bonds. The van der Waals surface area contributed by atoms with Gasteiger partial charge in [0, 0.05) is 6.54 Å². The van der Waals surface area contributed by atoms with Crippen molar-refractivity contribution in [2.75, 3.05) is 20.8 Å². The number of carbonyl (C=O) groups is 2. The van der Waals surface area contributed by atoms with Crippen LogP contribution in [0.5, 0.6) is 5.75 Å². The number of fused-ring (bicyclic) bond motifs is 1. The number of amides is 1. The third-order valence-electron chi connectivity index (χ3n) is 5.71. The lowest BCUT2D eigenvalue weighted by molar-refractivity contribution is -0.141. The van der Waals surface area contributed by atoms with Crippen LogP contribution in [-0.2, 0) is 30.9 Å². The van der Waals surface area contributed by atoms with Gasteiger partial charge in [0.25, 0.3) is 5.91 Å². The van der Waals surface area contributed by atoms with Crippen molar-refractivity contribution in [1.29, 1.82) is 0 Å². The van der Waals surface area contributed by atoms with E-state index < -0.39 is 27.9 Å². The summed E-state index contributed by atoms with van der Waals surface area (Å²) in [5, 5.41) is 0. The van der Waals surface area contributed by atoms with Gasteiger partial charge < -0.3 is 14.0 Å². The molecule has 0 bridgehead atoms. The van der Waals surface area contributed by atoms with Crippen molar-refractivity contribution >= 4 is 43.5 Å². The van der Waals surface area contributed by atoms with Gasteiger partial charge >= 0.3 is 5.97 Å². The molecule has 0 saturated carbocycles. The molecule has 0 spiro atoms. The monoisotopic (exact) mass is 503 g/mol. The van der Waals surface area contributed by atoms with Gasteiger partial charge in [0.2, 0.25) is 10.0 Å². The molecule has 0 N–H and O–H groups in total. The first-order valence-corrected chi connectivity index (χ1v) is 12.9. The van der Waals surface area contributed by atoms with Crippen LogP contribution in [-0.4, -0.2) is 56.0 Å². The number of aromatic nitrogens is 1. The van der Waals surface area contributed by atoms with Crippen LogP contribution in [0, 0.1) is 6.92 Å². The van der Waals surface area contributed by atoms with E-state index in [0.29, 0.717) is 23.4 Å². The highest BCUT2D eigenvalue weighted by molar-refractivity contribution is 7.89. The minimum absolute atomic E-state index is 0.0890. The molecule has 1 aliphatic rings. The van der Waals surface area contributed by atoms with E-state index in [1.54, 1.807) is 16.7 Å². The molecular formula is C23H25N3O6S2. The predicted molar refractivity (Wildman–Crippen MR) is 127 cm³/mol. The molecule has 1 saturated heterocycles. The minimum Gasteiger partial charge on any atom is -0.497 e. The largest absolute Gasteiger partial charge is 0.497 e. The summed E-state index contributed by atoms with van der Waals surface area (Å²) in [6.07, 6.45) is 0.924. The van der Waals surface area contributed by atoms with Crippen LogP contribution in [0.4, 0.5) is 0 Å². The zero-order valence-corrected chi connectivity index (χ0v) is 20.7. The van der Waals surface area contributed by atoms with Crippen LogP contribution < -0.4 is 9.54 Å². The van der Waals surface area contributed by atoms with Crippen LogP contribution in [0.2, 0.25) is 0 Å². The van der Waals surface area contributed by atoms with Crippen molar-refractivity contribution in [3.05, 3.63) is 52.8 Å². The average molecular weight is 504 g/mol. The van der Waals surface area contributed by atoms with E-state index in [1.807, 2.05) is 25.1 Å². The second-order valence-electron chi connectivity index (χ2n) is 7.92. The van der Waals surface area contributed by atoms with E-state index in [4.69, 9.17) is 9.47 Å². The number of benzene rings is 2. The van der Waals surface area contributed by atoms with Crippen LogP contribution >= 0.6 is 11.3 Å². The van der Waals surface area contributed by atoms with Gasteiger partial charge in [0.05, 0.1) is 29.3 Å². The highest BCUT2D eigenvalue weighted by atomic mass is 32.2. The molecule has 1 unspecified atom stereocenters. The topological polar surface area (TPSA) is 107 Å². The van der Waals surface area contributed by atoms with Gasteiger partial charge in [-0.3, -0.25) is 9.59 Å². The molecule has 1 aromatic heterocycles. The van der Waals surface area contributed by atoms with E-state index >= 15 is 0 Å². The van der Waals surface area contributed by atoms with Crippen molar-refractivity contribution in [2.24, 2.45) is 4.99 Å². The number of sulfonamides is 1. The fourth-order valence-corrected chi connectivity index (χ4v) is 6.72. The number of rotatable bonds is 6. The first kappa shape index (κ1) is 24.1. The number of hydrogen-bond acceptors (Lipinski definition) is 7. The molecule has 180 valence electrons. The molecule has 3 aromatic rings. The lowest BCUT2D eigenvalue weighted by Crippen LogP contribution is -2.40. The molecule has 34 heavy (non-hydrogen) atoms. The molecule has 0 aliphatic carbocycles. The fraction of sp³-hybridized carbons (Fsp3) is 0.348. The maximum atomic E-state index is 13.3. The van der Waals surface area contributed by atoms with E-state index in [1.165, 1.54) is 42.0 Å². The van der Waals surface area contributed by atoms with Crippen molar-refractivity contribution in [3.63, 3.8) is 0 Å². The standard InChI is InChI=1S/C23H25N3O6S2/c1-15-6-11-18-20(13-15)33-23(25(18)14-21(27)32-3)24-22(28)19-5-4-12-26(19)34(29,30)17-9-7-16(31-2)8-10-17/h6-11,13,19H,4-5,12,14H2,1-3H3. The number of ether oxygens (including phenoxy) is 2. The summed E-state index contributed by atoms with van der Waals surface area (Å²) in [7, 11) is -1.10. The van der Waals surface area contributed by atoms with Crippen molar-refractivity contribution in [2.45, 2.75) is 37.2 Å². The van der Waals surface area contributed by atoms with Crippen LogP contribution in [0.25, 0.3) is 10.2 Å². The van der Waals surface area contributed by atoms with E-state index in [2.05, 4.69) is 4.99 Å². The number of thiazole rings is 1. The summed E-state index contributed by atoms with van der Waals surface area (Å²) in [6.45, 7) is 2.07. The highest BCUT2D eigenvalue weighted by Gasteiger charge is 2.39. The van der Waals surface area contributed by atoms with Gasteiger partial charge in [-0.05, 0) is 61.7 Å². The van der Waals surface area contributed by atoms with Crippen molar-refractivity contribution in [1.82, 2.24) is 8.87 Å². The summed E-state index contributed by atoms with van der Waals surface area (Å²) in [6, 6.07) is 10.9. The Balaban J connectivity index is 1.71. The number of nitrogens with zero attached hydrogens (tertiary/aromatic N) is 3. The summed E-state index contributed by atoms with van der Waals surface area (Å²) in [5.41, 5.74) is 1.78. The quantitative estimate of drug-likeness (QED) is 0.479. The Morgan fingerprint density at radius 1 is 1.15 bits per heavy atom. The number of methoxy groups -OCH3 is 2. The zero-order valence-electron chi connectivity index (χ0n) is 19.1. The molecule has 11 heteroatoms.